The molecule has 2 aliphatic rings. The van der Waals surface area contributed by atoms with Gasteiger partial charge in [-0.15, -0.1) is 0 Å². The van der Waals surface area contributed by atoms with E-state index in [4.69, 9.17) is 4.74 Å². The van der Waals surface area contributed by atoms with Gasteiger partial charge in [-0.2, -0.15) is 0 Å². The molecule has 5 unspecified atom stereocenters. The van der Waals surface area contributed by atoms with Crippen molar-refractivity contribution >= 4 is 6.47 Å². The van der Waals surface area contributed by atoms with Gasteiger partial charge in [0.25, 0.3) is 6.47 Å². The number of carbonyl (C=O) groups excluding carboxylic acids is 1. The molecule has 0 aliphatic heterocycles. The molecule has 122 valence electrons. The van der Waals surface area contributed by atoms with Crippen molar-refractivity contribution in [1.29, 1.82) is 0 Å². The van der Waals surface area contributed by atoms with Gasteiger partial charge in [-0.25, -0.2) is 0 Å². The predicted octanol–water partition coefficient (Wildman–Crippen LogP) is 5.21. The van der Waals surface area contributed by atoms with Crippen LogP contribution in [0.2, 0.25) is 0 Å². The Hall–Kier alpha value is -0.530. The third kappa shape index (κ3) is 3.29. The summed E-state index contributed by atoms with van der Waals surface area (Å²) in [4.78, 5) is 10.5. The van der Waals surface area contributed by atoms with Crippen molar-refractivity contribution in [3.63, 3.8) is 0 Å². The van der Waals surface area contributed by atoms with Gasteiger partial charge in [0.05, 0.1) is 6.10 Å². The van der Waals surface area contributed by atoms with Crippen molar-refractivity contribution in [1.82, 2.24) is 0 Å². The molecule has 0 heterocycles. The maximum atomic E-state index is 10.5. The molecule has 0 radical (unpaired) electrons. The number of rotatable bonds is 5. The Morgan fingerprint density at radius 3 is 2.62 bits per heavy atom. The van der Waals surface area contributed by atoms with Gasteiger partial charge in [-0.05, 0) is 67.6 Å². The molecule has 2 heteroatoms. The fraction of sp³-hybridized carbons (Fsp3) is 0.947. The molecule has 2 rings (SSSR count). The second-order valence-electron chi connectivity index (χ2n) is 8.68. The van der Waals surface area contributed by atoms with Gasteiger partial charge in [-0.1, -0.05) is 40.5 Å². The minimum atomic E-state index is 0.0651. The molecule has 2 nitrogen and oxygen atoms in total. The zero-order valence-electron chi connectivity index (χ0n) is 14.7. The van der Waals surface area contributed by atoms with E-state index in [2.05, 4.69) is 27.7 Å². The molecular formula is C19H34O2. The summed E-state index contributed by atoms with van der Waals surface area (Å²) in [6, 6.07) is 0. The largest absolute Gasteiger partial charge is 0.465 e. The van der Waals surface area contributed by atoms with Crippen molar-refractivity contribution in [2.24, 2.45) is 28.6 Å². The van der Waals surface area contributed by atoms with Gasteiger partial charge in [0, 0.05) is 0 Å². The van der Waals surface area contributed by atoms with Crippen LogP contribution in [0.5, 0.6) is 0 Å². The summed E-state index contributed by atoms with van der Waals surface area (Å²) in [5.41, 5.74) is 0.983. The molecule has 0 amide bonds. The second-order valence-corrected chi connectivity index (χ2v) is 8.68. The van der Waals surface area contributed by atoms with E-state index in [-0.39, 0.29) is 6.10 Å². The molecule has 0 N–H and O–H groups in total. The van der Waals surface area contributed by atoms with Crippen molar-refractivity contribution in [2.75, 3.05) is 0 Å². The molecule has 0 aromatic carbocycles. The van der Waals surface area contributed by atoms with Gasteiger partial charge in [0.2, 0.25) is 0 Å². The highest BCUT2D eigenvalue weighted by molar-refractivity contribution is 5.37. The first-order valence-corrected chi connectivity index (χ1v) is 8.90. The third-order valence-corrected chi connectivity index (χ3v) is 6.89. The Labute approximate surface area is 131 Å². The van der Waals surface area contributed by atoms with Gasteiger partial charge in [-0.3, -0.25) is 4.79 Å². The number of fused-ring (bicyclic) bond motifs is 1. The monoisotopic (exact) mass is 294 g/mol. The molecule has 0 bridgehead atoms. The Kier molecular flexibility index (Phi) is 5.05. The first kappa shape index (κ1) is 16.8. The van der Waals surface area contributed by atoms with Crippen LogP contribution in [0.3, 0.4) is 0 Å². The third-order valence-electron chi connectivity index (χ3n) is 6.89. The molecule has 0 spiro atoms. The van der Waals surface area contributed by atoms with Crippen molar-refractivity contribution in [3.05, 3.63) is 0 Å². The fourth-order valence-electron chi connectivity index (χ4n) is 5.80. The van der Waals surface area contributed by atoms with Crippen LogP contribution in [0.25, 0.3) is 0 Å². The minimum absolute atomic E-state index is 0.0651. The normalized spacial score (nSPS) is 40.1. The standard InChI is InChI=1S/C19H34O2/c1-14-7-10-17-18(3,4)11-6-12-19(17,5)16(14)9-8-15(2)21-13-20/h13-17H,6-12H2,1-5H3. The summed E-state index contributed by atoms with van der Waals surface area (Å²) in [5.74, 6) is 2.46. The Bertz CT molecular complexity index is 363. The predicted molar refractivity (Wildman–Crippen MR) is 87.0 cm³/mol. The SMILES string of the molecule is CC(CCC1C(C)CCC2C(C)(C)CCCC12C)OC=O. The van der Waals surface area contributed by atoms with E-state index in [0.29, 0.717) is 17.3 Å². The number of carbonyl (C=O) groups is 1. The molecule has 5 atom stereocenters. The van der Waals surface area contributed by atoms with Gasteiger partial charge >= 0.3 is 0 Å². The van der Waals surface area contributed by atoms with Crippen LogP contribution >= 0.6 is 0 Å². The van der Waals surface area contributed by atoms with E-state index in [1.807, 2.05) is 6.92 Å². The topological polar surface area (TPSA) is 26.3 Å². The average Bonchev–Trinajstić information content (AvgIpc) is 2.37. The van der Waals surface area contributed by atoms with E-state index < -0.39 is 0 Å². The summed E-state index contributed by atoms with van der Waals surface area (Å²) in [6.45, 7) is 12.6. The highest BCUT2D eigenvalue weighted by Gasteiger charge is 2.53. The minimum Gasteiger partial charge on any atom is -0.465 e. The first-order valence-electron chi connectivity index (χ1n) is 8.90. The summed E-state index contributed by atoms with van der Waals surface area (Å²) < 4.78 is 5.10. The Morgan fingerprint density at radius 2 is 1.95 bits per heavy atom. The summed E-state index contributed by atoms with van der Waals surface area (Å²) in [6.07, 6.45) is 9.21. The van der Waals surface area contributed by atoms with E-state index in [0.717, 1.165) is 24.2 Å². The van der Waals surface area contributed by atoms with E-state index in [9.17, 15) is 4.79 Å². The first-order chi connectivity index (χ1) is 9.81. The number of hydrogen-bond acceptors (Lipinski definition) is 2. The van der Waals surface area contributed by atoms with Crippen molar-refractivity contribution in [2.45, 2.75) is 85.7 Å². The van der Waals surface area contributed by atoms with E-state index >= 15 is 0 Å². The molecule has 21 heavy (non-hydrogen) atoms. The molecule has 2 aliphatic carbocycles. The van der Waals surface area contributed by atoms with Crippen LogP contribution in [-0.2, 0) is 9.53 Å². The smallest absolute Gasteiger partial charge is 0.293 e. The lowest BCUT2D eigenvalue weighted by Gasteiger charge is -2.59. The average molecular weight is 294 g/mol. The van der Waals surface area contributed by atoms with Gasteiger partial charge in [0.15, 0.2) is 0 Å². The van der Waals surface area contributed by atoms with E-state index in [1.165, 1.54) is 38.5 Å². The summed E-state index contributed by atoms with van der Waals surface area (Å²) in [7, 11) is 0. The summed E-state index contributed by atoms with van der Waals surface area (Å²) >= 11 is 0. The quantitative estimate of drug-likeness (QED) is 0.651. The lowest BCUT2D eigenvalue weighted by Crippen LogP contribution is -2.51. The van der Waals surface area contributed by atoms with Crippen molar-refractivity contribution < 1.29 is 9.53 Å². The molecule has 0 saturated heterocycles. The van der Waals surface area contributed by atoms with Crippen LogP contribution < -0.4 is 0 Å². The lowest BCUT2D eigenvalue weighted by molar-refractivity contribution is -0.134. The highest BCUT2D eigenvalue weighted by Crippen LogP contribution is 2.62. The molecule has 0 aromatic rings. The maximum absolute atomic E-state index is 10.5. The fourth-order valence-corrected chi connectivity index (χ4v) is 5.80. The van der Waals surface area contributed by atoms with E-state index in [1.54, 1.807) is 0 Å². The van der Waals surface area contributed by atoms with Crippen LogP contribution in [0.1, 0.15) is 79.6 Å². The second kappa shape index (κ2) is 6.30. The highest BCUT2D eigenvalue weighted by atomic mass is 16.5. The molecule has 2 fully saturated rings. The van der Waals surface area contributed by atoms with Crippen LogP contribution in [0.4, 0.5) is 0 Å². The van der Waals surface area contributed by atoms with Gasteiger partial charge < -0.3 is 4.74 Å². The van der Waals surface area contributed by atoms with Crippen LogP contribution in [0.15, 0.2) is 0 Å². The molecular weight excluding hydrogens is 260 g/mol. The van der Waals surface area contributed by atoms with Crippen LogP contribution in [0, 0.1) is 28.6 Å². The zero-order valence-corrected chi connectivity index (χ0v) is 14.7. The number of hydrogen-bond donors (Lipinski definition) is 0. The molecule has 0 aromatic heterocycles. The molecule has 2 saturated carbocycles. The van der Waals surface area contributed by atoms with Crippen LogP contribution in [-0.4, -0.2) is 12.6 Å². The van der Waals surface area contributed by atoms with Gasteiger partial charge in [0.1, 0.15) is 0 Å². The lowest BCUT2D eigenvalue weighted by atomic mass is 9.46. The zero-order chi connectivity index (χ0) is 15.7. The maximum Gasteiger partial charge on any atom is 0.293 e. The Balaban J connectivity index is 2.11. The number of ether oxygens (including phenoxy) is 1. The van der Waals surface area contributed by atoms with Crippen molar-refractivity contribution in [3.8, 4) is 0 Å². The Morgan fingerprint density at radius 1 is 1.24 bits per heavy atom. The summed E-state index contributed by atoms with van der Waals surface area (Å²) in [5, 5.41) is 0.